The van der Waals surface area contributed by atoms with Gasteiger partial charge in [-0.05, 0) is 104 Å². The second-order valence-electron chi connectivity index (χ2n) is 13.7. The van der Waals surface area contributed by atoms with E-state index >= 15 is 0 Å². The van der Waals surface area contributed by atoms with Crippen molar-refractivity contribution in [3.63, 3.8) is 0 Å². The molecule has 11 rings (SSSR count). The molecule has 0 N–H and O–H groups in total. The minimum atomic E-state index is 0.893. The number of fused-ring (bicyclic) bond motifs is 10. The van der Waals surface area contributed by atoms with E-state index in [0.717, 1.165) is 33.6 Å². The molecule has 0 aliphatic heterocycles. The Labute approximate surface area is 310 Å². The van der Waals surface area contributed by atoms with Crippen LogP contribution in [0, 0.1) is 0 Å². The van der Waals surface area contributed by atoms with Gasteiger partial charge in [0.2, 0.25) is 0 Å². The summed E-state index contributed by atoms with van der Waals surface area (Å²) < 4.78 is 9.10. The fourth-order valence-electron chi connectivity index (χ4n) is 8.14. The van der Waals surface area contributed by atoms with Gasteiger partial charge in [0.05, 0.1) is 0 Å². The molecule has 0 aliphatic rings. The summed E-state index contributed by atoms with van der Waals surface area (Å²) in [6.45, 7) is 0. The summed E-state index contributed by atoms with van der Waals surface area (Å²) in [5, 5.41) is 9.96. The van der Waals surface area contributed by atoms with Gasteiger partial charge < -0.3 is 9.32 Å². The fraction of sp³-hybridized carbons (Fsp3) is 0. The normalized spacial score (nSPS) is 11.8. The number of thiophene rings is 1. The van der Waals surface area contributed by atoms with Crippen LogP contribution in [0.25, 0.3) is 85.9 Å². The molecule has 0 spiro atoms. The molecule has 0 atom stereocenters. The highest BCUT2D eigenvalue weighted by Gasteiger charge is 2.19. The topological polar surface area (TPSA) is 16.4 Å². The summed E-state index contributed by atoms with van der Waals surface area (Å²) in [7, 11) is 0. The molecule has 0 aliphatic carbocycles. The summed E-state index contributed by atoms with van der Waals surface area (Å²) >= 11 is 1.86. The first-order valence-electron chi connectivity index (χ1n) is 18.0. The van der Waals surface area contributed by atoms with Gasteiger partial charge in [-0.3, -0.25) is 0 Å². The van der Waals surface area contributed by atoms with Crippen LogP contribution in [-0.4, -0.2) is 0 Å². The predicted octanol–water partition coefficient (Wildman–Crippen LogP) is 15.1. The zero-order valence-corrected chi connectivity index (χ0v) is 29.5. The number of nitrogens with zero attached hydrogens (tertiary/aromatic N) is 1. The van der Waals surface area contributed by atoms with E-state index in [1.54, 1.807) is 0 Å². The smallest absolute Gasteiger partial charge is 0.136 e. The van der Waals surface area contributed by atoms with Crippen LogP contribution in [0.3, 0.4) is 0 Å². The third kappa shape index (κ3) is 4.86. The molecule has 53 heavy (non-hydrogen) atoms. The van der Waals surface area contributed by atoms with Crippen molar-refractivity contribution in [1.29, 1.82) is 0 Å². The van der Waals surface area contributed by atoms with Crippen LogP contribution >= 0.6 is 11.3 Å². The van der Waals surface area contributed by atoms with E-state index in [1.165, 1.54) is 69.4 Å². The molecule has 0 amide bonds. The van der Waals surface area contributed by atoms with Crippen molar-refractivity contribution in [2.45, 2.75) is 0 Å². The van der Waals surface area contributed by atoms with E-state index in [0.29, 0.717) is 0 Å². The molecule has 0 saturated heterocycles. The highest BCUT2D eigenvalue weighted by Crippen LogP contribution is 2.46. The second-order valence-corrected chi connectivity index (χ2v) is 14.7. The molecule has 3 heteroatoms. The van der Waals surface area contributed by atoms with Crippen molar-refractivity contribution in [2.75, 3.05) is 4.90 Å². The van der Waals surface area contributed by atoms with Gasteiger partial charge in [0.25, 0.3) is 0 Å². The van der Waals surface area contributed by atoms with Gasteiger partial charge in [0, 0.05) is 48.0 Å². The first-order chi connectivity index (χ1) is 26.3. The minimum absolute atomic E-state index is 0.893. The lowest BCUT2D eigenvalue weighted by Gasteiger charge is -2.26. The Morgan fingerprint density at radius 3 is 1.79 bits per heavy atom. The maximum Gasteiger partial charge on any atom is 0.136 e. The SMILES string of the molecule is c1ccc(-c2ccc(N(c3ccc(-c4cccc5ccccc45)cc3)c3ccc4oc5ccc6c(sc7ccc8ccccc8c76)c5c4c3)cc2)cc1. The maximum absolute atomic E-state index is 6.54. The van der Waals surface area contributed by atoms with E-state index in [9.17, 15) is 0 Å². The average molecular weight is 694 g/mol. The van der Waals surface area contributed by atoms with Crippen molar-refractivity contribution in [3.05, 3.63) is 188 Å². The Morgan fingerprint density at radius 2 is 1.00 bits per heavy atom. The molecule has 0 unspecified atom stereocenters. The molecule has 248 valence electrons. The zero-order valence-electron chi connectivity index (χ0n) is 28.7. The quantitative estimate of drug-likeness (QED) is 0.178. The summed E-state index contributed by atoms with van der Waals surface area (Å²) in [6.07, 6.45) is 0. The minimum Gasteiger partial charge on any atom is -0.456 e. The number of benzene rings is 9. The van der Waals surface area contributed by atoms with E-state index in [1.807, 2.05) is 11.3 Å². The van der Waals surface area contributed by atoms with Gasteiger partial charge in [-0.1, -0.05) is 127 Å². The average Bonchev–Trinajstić information content (AvgIpc) is 3.80. The number of hydrogen-bond donors (Lipinski definition) is 0. The summed E-state index contributed by atoms with van der Waals surface area (Å²) in [4.78, 5) is 2.36. The van der Waals surface area contributed by atoms with Gasteiger partial charge in [0.1, 0.15) is 11.2 Å². The van der Waals surface area contributed by atoms with Gasteiger partial charge in [-0.25, -0.2) is 0 Å². The Morgan fingerprint density at radius 1 is 0.377 bits per heavy atom. The van der Waals surface area contributed by atoms with Gasteiger partial charge in [-0.2, -0.15) is 0 Å². The van der Waals surface area contributed by atoms with Crippen LogP contribution in [0.1, 0.15) is 0 Å². The van der Waals surface area contributed by atoms with Gasteiger partial charge in [0.15, 0.2) is 0 Å². The molecule has 11 aromatic rings. The van der Waals surface area contributed by atoms with E-state index < -0.39 is 0 Å². The van der Waals surface area contributed by atoms with Crippen LogP contribution < -0.4 is 4.90 Å². The molecular formula is C50H31NOS. The lowest BCUT2D eigenvalue weighted by molar-refractivity contribution is 0.669. The molecule has 9 aromatic carbocycles. The molecule has 2 heterocycles. The molecule has 0 radical (unpaired) electrons. The molecular weight excluding hydrogens is 663 g/mol. The monoisotopic (exact) mass is 693 g/mol. The Bertz CT molecular complexity index is 3150. The lowest BCUT2D eigenvalue weighted by Crippen LogP contribution is -2.09. The van der Waals surface area contributed by atoms with Crippen molar-refractivity contribution < 1.29 is 4.42 Å². The van der Waals surface area contributed by atoms with Crippen molar-refractivity contribution in [2.24, 2.45) is 0 Å². The molecule has 0 bridgehead atoms. The third-order valence-electron chi connectivity index (χ3n) is 10.7. The van der Waals surface area contributed by atoms with E-state index in [2.05, 4.69) is 193 Å². The molecule has 0 fully saturated rings. The Balaban J connectivity index is 1.09. The summed E-state index contributed by atoms with van der Waals surface area (Å²) in [6, 6.07) is 67.8. The molecule has 0 saturated carbocycles. The number of hydrogen-bond acceptors (Lipinski definition) is 3. The second kappa shape index (κ2) is 11.9. The number of furan rings is 1. The van der Waals surface area contributed by atoms with Crippen LogP contribution in [0.5, 0.6) is 0 Å². The van der Waals surface area contributed by atoms with Crippen LogP contribution in [-0.2, 0) is 0 Å². The van der Waals surface area contributed by atoms with Gasteiger partial charge >= 0.3 is 0 Å². The largest absolute Gasteiger partial charge is 0.456 e. The summed E-state index contributed by atoms with van der Waals surface area (Å²) in [5.74, 6) is 0. The van der Waals surface area contributed by atoms with E-state index in [4.69, 9.17) is 4.42 Å². The standard InChI is InChI=1S/C50H31NOS/c1-2-9-32(10-3-1)33-17-22-37(23-18-33)51(38-24-19-36(20-25-38)41-16-8-13-34-11-4-6-14-40(34)41)39-26-28-45-44(31-39)49-46(52-45)29-27-43-48-42-15-7-5-12-35(42)21-30-47(48)53-50(43)49/h1-31H. The first-order valence-corrected chi connectivity index (χ1v) is 18.8. The highest BCUT2D eigenvalue weighted by molar-refractivity contribution is 7.27. The Kier molecular flexibility index (Phi) is 6.76. The zero-order chi connectivity index (χ0) is 34.9. The van der Waals surface area contributed by atoms with Crippen molar-refractivity contribution in [1.82, 2.24) is 0 Å². The lowest BCUT2D eigenvalue weighted by atomic mass is 9.98. The third-order valence-corrected chi connectivity index (χ3v) is 11.8. The highest BCUT2D eigenvalue weighted by atomic mass is 32.1. The van der Waals surface area contributed by atoms with Crippen molar-refractivity contribution in [3.8, 4) is 22.3 Å². The van der Waals surface area contributed by atoms with E-state index in [-0.39, 0.29) is 0 Å². The first kappa shape index (κ1) is 30.0. The van der Waals surface area contributed by atoms with Crippen LogP contribution in [0.4, 0.5) is 17.1 Å². The fourth-order valence-corrected chi connectivity index (χ4v) is 9.41. The summed E-state index contributed by atoms with van der Waals surface area (Å²) in [5.41, 5.74) is 9.89. The molecule has 2 nitrogen and oxygen atoms in total. The van der Waals surface area contributed by atoms with Crippen LogP contribution in [0.15, 0.2) is 192 Å². The number of anilines is 3. The van der Waals surface area contributed by atoms with Gasteiger partial charge in [-0.15, -0.1) is 11.3 Å². The number of rotatable bonds is 5. The Hall–Kier alpha value is -6.68. The van der Waals surface area contributed by atoms with Crippen molar-refractivity contribution >= 4 is 92.1 Å². The molecule has 2 aromatic heterocycles. The predicted molar refractivity (Wildman–Crippen MR) is 227 cm³/mol. The maximum atomic E-state index is 6.54. The van der Waals surface area contributed by atoms with Crippen LogP contribution in [0.2, 0.25) is 0 Å².